The quantitative estimate of drug-likeness (QED) is 0.840. The highest BCUT2D eigenvalue weighted by atomic mass is 16.4. The molecule has 0 saturated heterocycles. The second-order valence-electron chi connectivity index (χ2n) is 3.93. The van der Waals surface area contributed by atoms with Crippen molar-refractivity contribution in [2.24, 2.45) is 0 Å². The van der Waals surface area contributed by atoms with Crippen LogP contribution in [0.5, 0.6) is 0 Å². The number of fused-ring (bicyclic) bond motifs is 1. The van der Waals surface area contributed by atoms with Crippen molar-refractivity contribution < 1.29 is 9.90 Å². The molecule has 2 N–H and O–H groups in total. The molecule has 0 fully saturated rings. The molecule has 0 aliphatic rings. The molecule has 1 heterocycles. The normalized spacial score (nSPS) is 12.5. The molecule has 0 aliphatic heterocycles. The number of carboxylic acid groups (broad SMARTS) is 1. The lowest BCUT2D eigenvalue weighted by atomic mass is 10.1. The van der Waals surface area contributed by atoms with Gasteiger partial charge in [-0.3, -0.25) is 9.78 Å². The average Bonchev–Trinajstić information content (AvgIpc) is 2.35. The van der Waals surface area contributed by atoms with Gasteiger partial charge in [-0.15, -0.1) is 0 Å². The van der Waals surface area contributed by atoms with E-state index in [1.165, 1.54) is 0 Å². The lowest BCUT2D eigenvalue weighted by Crippen LogP contribution is -2.33. The third-order valence-electron chi connectivity index (χ3n) is 2.69. The Hall–Kier alpha value is -1.94. The highest BCUT2D eigenvalue weighted by Gasteiger charge is 2.10. The second-order valence-corrected chi connectivity index (χ2v) is 3.93. The molecule has 0 bridgehead atoms. The third kappa shape index (κ3) is 2.60. The molecule has 0 radical (unpaired) electrons. The fourth-order valence-corrected chi connectivity index (χ4v) is 1.66. The Bertz CT molecular complexity index is 534. The molecular formula is C13H14N2O2. The first-order chi connectivity index (χ1) is 8.18. The first kappa shape index (κ1) is 11.5. The summed E-state index contributed by atoms with van der Waals surface area (Å²) in [6.07, 6.45) is 1.74. The van der Waals surface area contributed by atoms with Gasteiger partial charge in [0, 0.05) is 18.1 Å². The number of aliphatic carboxylic acids is 1. The lowest BCUT2D eigenvalue weighted by molar-refractivity contribution is -0.139. The number of benzene rings is 1. The van der Waals surface area contributed by atoms with Crippen LogP contribution in [0.15, 0.2) is 36.5 Å². The number of hydrogen-bond donors (Lipinski definition) is 2. The molecule has 88 valence electrons. The summed E-state index contributed by atoms with van der Waals surface area (Å²) >= 11 is 0. The fraction of sp³-hybridized carbons (Fsp3) is 0.231. The van der Waals surface area contributed by atoms with Crippen LogP contribution >= 0.6 is 0 Å². The summed E-state index contributed by atoms with van der Waals surface area (Å²) < 4.78 is 0. The standard InChI is InChI=1S/C13H14N2O2/c1-9(13(16)17)15-8-11-5-2-4-10-6-3-7-14-12(10)11/h2-7,9,15H,8H2,1H3,(H,16,17)/t9-/m0/s1. The largest absolute Gasteiger partial charge is 0.480 e. The predicted molar refractivity (Wildman–Crippen MR) is 65.7 cm³/mol. The second kappa shape index (κ2) is 4.93. The minimum atomic E-state index is -0.849. The fourth-order valence-electron chi connectivity index (χ4n) is 1.66. The van der Waals surface area contributed by atoms with Gasteiger partial charge in [0.2, 0.25) is 0 Å². The number of pyridine rings is 1. The van der Waals surface area contributed by atoms with E-state index >= 15 is 0 Å². The summed E-state index contributed by atoms with van der Waals surface area (Å²) in [5.41, 5.74) is 1.93. The maximum Gasteiger partial charge on any atom is 0.320 e. The van der Waals surface area contributed by atoms with Gasteiger partial charge in [-0.2, -0.15) is 0 Å². The average molecular weight is 230 g/mol. The number of aromatic nitrogens is 1. The number of para-hydroxylation sites is 1. The van der Waals surface area contributed by atoms with Gasteiger partial charge in [0.25, 0.3) is 0 Å². The molecule has 17 heavy (non-hydrogen) atoms. The van der Waals surface area contributed by atoms with Crippen LogP contribution in [0.25, 0.3) is 10.9 Å². The van der Waals surface area contributed by atoms with Crippen molar-refractivity contribution in [3.05, 3.63) is 42.1 Å². The van der Waals surface area contributed by atoms with Gasteiger partial charge >= 0.3 is 5.97 Å². The minimum Gasteiger partial charge on any atom is -0.480 e. The Balaban J connectivity index is 2.21. The zero-order valence-electron chi connectivity index (χ0n) is 9.55. The molecule has 1 aromatic heterocycles. The maximum atomic E-state index is 10.7. The zero-order chi connectivity index (χ0) is 12.3. The summed E-state index contributed by atoms with van der Waals surface area (Å²) in [7, 11) is 0. The summed E-state index contributed by atoms with van der Waals surface area (Å²) in [4.78, 5) is 15.0. The van der Waals surface area contributed by atoms with Crippen molar-refractivity contribution in [2.75, 3.05) is 0 Å². The topological polar surface area (TPSA) is 62.2 Å². The van der Waals surface area contributed by atoms with Gasteiger partial charge in [0.05, 0.1) is 5.52 Å². The maximum absolute atomic E-state index is 10.7. The Kier molecular flexibility index (Phi) is 3.35. The number of carboxylic acids is 1. The number of hydrogen-bond acceptors (Lipinski definition) is 3. The highest BCUT2D eigenvalue weighted by Crippen LogP contribution is 2.15. The molecule has 4 heteroatoms. The Morgan fingerprint density at radius 3 is 2.94 bits per heavy atom. The molecule has 0 unspecified atom stereocenters. The summed E-state index contributed by atoms with van der Waals surface area (Å²) in [6, 6.07) is 9.22. The van der Waals surface area contributed by atoms with Crippen LogP contribution in [0.2, 0.25) is 0 Å². The highest BCUT2D eigenvalue weighted by molar-refractivity contribution is 5.81. The van der Waals surface area contributed by atoms with E-state index in [1.807, 2.05) is 30.3 Å². The summed E-state index contributed by atoms with van der Waals surface area (Å²) in [5, 5.41) is 12.8. The van der Waals surface area contributed by atoms with Gasteiger partial charge in [-0.1, -0.05) is 24.3 Å². The Morgan fingerprint density at radius 1 is 1.41 bits per heavy atom. The van der Waals surface area contributed by atoms with Crippen LogP contribution in [-0.4, -0.2) is 22.1 Å². The van der Waals surface area contributed by atoms with Crippen molar-refractivity contribution in [1.82, 2.24) is 10.3 Å². The summed E-state index contributed by atoms with van der Waals surface area (Å²) in [6.45, 7) is 2.13. The van der Waals surface area contributed by atoms with Gasteiger partial charge in [-0.05, 0) is 18.6 Å². The van der Waals surface area contributed by atoms with E-state index in [0.29, 0.717) is 6.54 Å². The van der Waals surface area contributed by atoms with Crippen molar-refractivity contribution in [3.8, 4) is 0 Å². The molecule has 0 saturated carbocycles. The molecule has 4 nitrogen and oxygen atoms in total. The van der Waals surface area contributed by atoms with Crippen LogP contribution in [0.4, 0.5) is 0 Å². The number of rotatable bonds is 4. The van der Waals surface area contributed by atoms with Crippen LogP contribution < -0.4 is 5.32 Å². The molecule has 0 spiro atoms. The van der Waals surface area contributed by atoms with E-state index in [4.69, 9.17) is 5.11 Å². The van der Waals surface area contributed by atoms with Gasteiger partial charge in [-0.25, -0.2) is 0 Å². The van der Waals surface area contributed by atoms with E-state index in [1.54, 1.807) is 13.1 Å². The smallest absolute Gasteiger partial charge is 0.320 e. The molecule has 1 aromatic carbocycles. The molecular weight excluding hydrogens is 216 g/mol. The van der Waals surface area contributed by atoms with E-state index in [2.05, 4.69) is 10.3 Å². The van der Waals surface area contributed by atoms with Gasteiger partial charge in [0.1, 0.15) is 6.04 Å². The van der Waals surface area contributed by atoms with Gasteiger partial charge < -0.3 is 10.4 Å². The van der Waals surface area contributed by atoms with E-state index in [0.717, 1.165) is 16.5 Å². The molecule has 0 aliphatic carbocycles. The van der Waals surface area contributed by atoms with Crippen LogP contribution in [-0.2, 0) is 11.3 Å². The summed E-state index contributed by atoms with van der Waals surface area (Å²) in [5.74, 6) is -0.849. The first-order valence-electron chi connectivity index (χ1n) is 5.47. The zero-order valence-corrected chi connectivity index (χ0v) is 9.55. The number of nitrogens with zero attached hydrogens (tertiary/aromatic N) is 1. The Morgan fingerprint density at radius 2 is 2.18 bits per heavy atom. The molecule has 1 atom stereocenters. The van der Waals surface area contributed by atoms with E-state index in [-0.39, 0.29) is 0 Å². The van der Waals surface area contributed by atoms with Crippen LogP contribution in [0, 0.1) is 0 Å². The monoisotopic (exact) mass is 230 g/mol. The van der Waals surface area contributed by atoms with Crippen LogP contribution in [0.1, 0.15) is 12.5 Å². The SMILES string of the molecule is C[C@H](NCc1cccc2cccnc12)C(=O)O. The lowest BCUT2D eigenvalue weighted by Gasteiger charge is -2.10. The minimum absolute atomic E-state index is 0.502. The van der Waals surface area contributed by atoms with Crippen molar-refractivity contribution in [2.45, 2.75) is 19.5 Å². The van der Waals surface area contributed by atoms with Crippen molar-refractivity contribution in [1.29, 1.82) is 0 Å². The van der Waals surface area contributed by atoms with Crippen molar-refractivity contribution in [3.63, 3.8) is 0 Å². The molecule has 0 amide bonds. The van der Waals surface area contributed by atoms with Gasteiger partial charge in [0.15, 0.2) is 0 Å². The first-order valence-corrected chi connectivity index (χ1v) is 5.47. The Labute approximate surface area is 99.3 Å². The van der Waals surface area contributed by atoms with E-state index in [9.17, 15) is 4.79 Å². The molecule has 2 aromatic rings. The number of nitrogens with one attached hydrogen (secondary N) is 1. The van der Waals surface area contributed by atoms with E-state index < -0.39 is 12.0 Å². The predicted octanol–water partition coefficient (Wildman–Crippen LogP) is 1.80. The number of carbonyl (C=O) groups is 1. The molecule has 2 rings (SSSR count). The third-order valence-corrected chi connectivity index (χ3v) is 2.69. The van der Waals surface area contributed by atoms with Crippen LogP contribution in [0.3, 0.4) is 0 Å². The van der Waals surface area contributed by atoms with Crippen molar-refractivity contribution >= 4 is 16.9 Å².